The van der Waals surface area contributed by atoms with E-state index in [9.17, 15) is 9.18 Å². The zero-order valence-corrected chi connectivity index (χ0v) is 10.4. The van der Waals surface area contributed by atoms with Gasteiger partial charge in [0.15, 0.2) is 11.7 Å². The van der Waals surface area contributed by atoms with E-state index in [0.29, 0.717) is 16.8 Å². The molecule has 3 heteroatoms. The number of hydrogen-bond acceptors (Lipinski definition) is 1. The molecule has 19 heavy (non-hydrogen) atoms. The second-order valence-corrected chi connectivity index (χ2v) is 4.51. The first-order valence-corrected chi connectivity index (χ1v) is 6.04. The lowest BCUT2D eigenvalue weighted by atomic mass is 9.97. The van der Waals surface area contributed by atoms with Gasteiger partial charge >= 0.3 is 0 Å². The van der Waals surface area contributed by atoms with E-state index in [-0.39, 0.29) is 5.78 Å². The van der Waals surface area contributed by atoms with Crippen LogP contribution in [-0.2, 0) is 0 Å². The van der Waals surface area contributed by atoms with Gasteiger partial charge in [-0.3, -0.25) is 4.79 Å². The Kier molecular flexibility index (Phi) is 2.67. The lowest BCUT2D eigenvalue weighted by molar-refractivity contribution is 0.103. The Labute approximate surface area is 109 Å². The van der Waals surface area contributed by atoms with Crippen LogP contribution in [0.3, 0.4) is 0 Å². The summed E-state index contributed by atoms with van der Waals surface area (Å²) in [4.78, 5) is 15.0. The fourth-order valence-corrected chi connectivity index (χ4v) is 2.32. The number of fused-ring (bicyclic) bond motifs is 1. The van der Waals surface area contributed by atoms with Gasteiger partial charge in [-0.2, -0.15) is 4.39 Å². The zero-order chi connectivity index (χ0) is 13.4. The van der Waals surface area contributed by atoms with Crippen LogP contribution in [0, 0.1) is 12.9 Å². The Balaban J connectivity index is 2.19. The molecule has 0 aliphatic carbocycles. The van der Waals surface area contributed by atoms with E-state index in [1.54, 1.807) is 13.0 Å². The summed E-state index contributed by atoms with van der Waals surface area (Å²) in [5, 5.41) is 1.89. The van der Waals surface area contributed by atoms with Gasteiger partial charge in [0.25, 0.3) is 0 Å². The van der Waals surface area contributed by atoms with E-state index < -0.39 is 5.95 Å². The Morgan fingerprint density at radius 3 is 2.53 bits per heavy atom. The summed E-state index contributed by atoms with van der Waals surface area (Å²) in [5.74, 6) is -0.643. The molecule has 0 aliphatic rings. The number of aromatic nitrogens is 1. The van der Waals surface area contributed by atoms with Crippen molar-refractivity contribution < 1.29 is 9.18 Å². The van der Waals surface area contributed by atoms with Crippen LogP contribution in [0.1, 0.15) is 21.6 Å². The molecule has 3 rings (SSSR count). The molecule has 0 radical (unpaired) electrons. The van der Waals surface area contributed by atoms with E-state index in [1.807, 2.05) is 36.4 Å². The summed E-state index contributed by atoms with van der Waals surface area (Å²) in [5.41, 5.74) is 1.53. The second kappa shape index (κ2) is 4.35. The first-order valence-electron chi connectivity index (χ1n) is 6.04. The number of carbonyl (C=O) groups excluding carboxylic acids is 1. The van der Waals surface area contributed by atoms with Gasteiger partial charge < -0.3 is 4.98 Å². The van der Waals surface area contributed by atoms with Crippen molar-refractivity contribution in [3.63, 3.8) is 0 Å². The lowest BCUT2D eigenvalue weighted by Crippen LogP contribution is -2.02. The zero-order valence-electron chi connectivity index (χ0n) is 10.4. The third-order valence-electron chi connectivity index (χ3n) is 3.26. The van der Waals surface area contributed by atoms with Crippen LogP contribution in [0.2, 0.25) is 0 Å². The molecule has 0 bridgehead atoms. The summed E-state index contributed by atoms with van der Waals surface area (Å²) >= 11 is 0. The van der Waals surface area contributed by atoms with Gasteiger partial charge in [-0.25, -0.2) is 0 Å². The molecule has 0 atom stereocenters. The van der Waals surface area contributed by atoms with Gasteiger partial charge in [0.05, 0.1) is 0 Å². The molecule has 94 valence electrons. The van der Waals surface area contributed by atoms with Crippen molar-refractivity contribution in [1.82, 2.24) is 4.98 Å². The molecule has 3 aromatic rings. The van der Waals surface area contributed by atoms with E-state index in [4.69, 9.17) is 0 Å². The standard InChI is InChI=1S/C16H12FNO/c1-10-14(9-15(17)18-10)16(19)13-8-4-6-11-5-2-3-7-12(11)13/h2-9,18H,1H3. The number of nitrogens with one attached hydrogen (secondary N) is 1. The molecule has 2 nitrogen and oxygen atoms in total. The number of hydrogen-bond donors (Lipinski definition) is 1. The summed E-state index contributed by atoms with van der Waals surface area (Å²) in [6.07, 6.45) is 0. The summed E-state index contributed by atoms with van der Waals surface area (Å²) < 4.78 is 13.2. The maximum absolute atomic E-state index is 13.2. The van der Waals surface area contributed by atoms with Crippen molar-refractivity contribution in [2.24, 2.45) is 0 Å². The molecule has 0 saturated carbocycles. The molecule has 1 aromatic heterocycles. The molecule has 0 unspecified atom stereocenters. The van der Waals surface area contributed by atoms with E-state index in [1.165, 1.54) is 6.07 Å². The highest BCUT2D eigenvalue weighted by Gasteiger charge is 2.16. The number of benzene rings is 2. The highest BCUT2D eigenvalue weighted by Crippen LogP contribution is 2.22. The Morgan fingerprint density at radius 2 is 1.79 bits per heavy atom. The first kappa shape index (κ1) is 11.7. The van der Waals surface area contributed by atoms with Crippen LogP contribution in [-0.4, -0.2) is 10.8 Å². The first-order chi connectivity index (χ1) is 9.16. The molecule has 0 aliphatic heterocycles. The minimum atomic E-state index is -0.485. The third kappa shape index (κ3) is 1.93. The number of ketones is 1. The number of H-pyrrole nitrogens is 1. The SMILES string of the molecule is Cc1[nH]c(F)cc1C(=O)c1cccc2ccccc12. The number of aromatic amines is 1. The predicted molar refractivity (Wildman–Crippen MR) is 72.9 cm³/mol. The second-order valence-electron chi connectivity index (χ2n) is 4.51. The van der Waals surface area contributed by atoms with Crippen LogP contribution < -0.4 is 0 Å². The highest BCUT2D eigenvalue weighted by molar-refractivity contribution is 6.16. The molecule has 0 saturated heterocycles. The molecule has 0 fully saturated rings. The number of rotatable bonds is 2. The maximum Gasteiger partial charge on any atom is 0.195 e. The molecule has 0 amide bonds. The molecular weight excluding hydrogens is 241 g/mol. The van der Waals surface area contributed by atoms with E-state index in [2.05, 4.69) is 4.98 Å². The lowest BCUT2D eigenvalue weighted by Gasteiger charge is -2.05. The minimum absolute atomic E-state index is 0.158. The maximum atomic E-state index is 13.2. The topological polar surface area (TPSA) is 32.9 Å². The van der Waals surface area contributed by atoms with Crippen molar-refractivity contribution >= 4 is 16.6 Å². The number of halogens is 1. The summed E-state index contributed by atoms with van der Waals surface area (Å²) in [7, 11) is 0. The van der Waals surface area contributed by atoms with Crippen LogP contribution in [0.15, 0.2) is 48.5 Å². The molecular formula is C16H12FNO. The smallest absolute Gasteiger partial charge is 0.195 e. The largest absolute Gasteiger partial charge is 0.335 e. The van der Waals surface area contributed by atoms with Gasteiger partial charge in [0, 0.05) is 22.9 Å². The molecule has 2 aromatic carbocycles. The number of carbonyl (C=O) groups is 1. The van der Waals surface area contributed by atoms with E-state index >= 15 is 0 Å². The fraction of sp³-hybridized carbons (Fsp3) is 0.0625. The van der Waals surface area contributed by atoms with Gasteiger partial charge in [-0.05, 0) is 17.7 Å². The predicted octanol–water partition coefficient (Wildman–Crippen LogP) is 3.85. The average Bonchev–Trinajstić information content (AvgIpc) is 2.76. The molecule has 0 spiro atoms. The normalized spacial score (nSPS) is 10.8. The van der Waals surface area contributed by atoms with Gasteiger partial charge in [0.2, 0.25) is 0 Å². The molecule has 1 N–H and O–H groups in total. The Hall–Kier alpha value is -2.42. The fourth-order valence-electron chi connectivity index (χ4n) is 2.32. The van der Waals surface area contributed by atoms with Crippen molar-refractivity contribution in [2.75, 3.05) is 0 Å². The quantitative estimate of drug-likeness (QED) is 0.691. The monoisotopic (exact) mass is 253 g/mol. The van der Waals surface area contributed by atoms with Crippen LogP contribution in [0.5, 0.6) is 0 Å². The van der Waals surface area contributed by atoms with Crippen LogP contribution in [0.25, 0.3) is 10.8 Å². The van der Waals surface area contributed by atoms with Crippen molar-refractivity contribution in [3.05, 3.63) is 71.3 Å². The van der Waals surface area contributed by atoms with Crippen molar-refractivity contribution in [2.45, 2.75) is 6.92 Å². The van der Waals surface area contributed by atoms with Crippen molar-refractivity contribution in [3.8, 4) is 0 Å². The minimum Gasteiger partial charge on any atom is -0.335 e. The summed E-state index contributed by atoms with van der Waals surface area (Å²) in [6.45, 7) is 1.70. The van der Waals surface area contributed by atoms with Gasteiger partial charge in [-0.15, -0.1) is 0 Å². The Bertz CT molecular complexity index is 768. The third-order valence-corrected chi connectivity index (χ3v) is 3.26. The van der Waals surface area contributed by atoms with Crippen LogP contribution in [0.4, 0.5) is 4.39 Å². The average molecular weight is 253 g/mol. The van der Waals surface area contributed by atoms with E-state index in [0.717, 1.165) is 10.8 Å². The Morgan fingerprint density at radius 1 is 1.05 bits per heavy atom. The highest BCUT2D eigenvalue weighted by atomic mass is 19.1. The van der Waals surface area contributed by atoms with Gasteiger partial charge in [-0.1, -0.05) is 42.5 Å². The number of aryl methyl sites for hydroxylation is 1. The summed E-state index contributed by atoms with van der Waals surface area (Å²) in [6, 6.07) is 14.5. The van der Waals surface area contributed by atoms with Crippen LogP contribution >= 0.6 is 0 Å². The van der Waals surface area contributed by atoms with Gasteiger partial charge in [0.1, 0.15) is 0 Å². The molecule has 1 heterocycles. The van der Waals surface area contributed by atoms with Crippen molar-refractivity contribution in [1.29, 1.82) is 0 Å².